The van der Waals surface area contributed by atoms with Crippen LogP contribution in [0, 0.1) is 0 Å². The van der Waals surface area contributed by atoms with Gasteiger partial charge in [0.1, 0.15) is 46.0 Å². The molecule has 10 nitrogen and oxygen atoms in total. The first-order chi connectivity index (χ1) is 39.7. The van der Waals surface area contributed by atoms with Crippen LogP contribution in [-0.2, 0) is 0 Å². The maximum atomic E-state index is 16.1. The maximum absolute atomic E-state index is 16.1. The Morgan fingerprint density at radius 1 is 0.341 bits per heavy atom. The molecule has 2 heterocycles. The molecule has 2 aliphatic heterocycles. The van der Waals surface area contributed by atoms with Gasteiger partial charge in [0, 0.05) is 48.7 Å². The van der Waals surface area contributed by atoms with Crippen LogP contribution in [0.1, 0.15) is 130 Å². The third kappa shape index (κ3) is 8.15. The second-order valence-corrected chi connectivity index (χ2v) is 22.0. The number of hydrogen-bond donors (Lipinski definition) is 0. The van der Waals surface area contributed by atoms with Crippen LogP contribution >= 0.6 is 0 Å². The van der Waals surface area contributed by atoms with Crippen LogP contribution in [0.5, 0.6) is 46.0 Å². The van der Waals surface area contributed by atoms with Gasteiger partial charge >= 0.3 is 0 Å². The van der Waals surface area contributed by atoms with Gasteiger partial charge in [-0.3, -0.25) is 19.2 Å². The van der Waals surface area contributed by atoms with Crippen molar-refractivity contribution in [1.82, 2.24) is 0 Å². The molecule has 0 saturated heterocycles. The number of nitrogens with zero attached hydrogens (tertiary/aromatic N) is 2. The Morgan fingerprint density at radius 3 is 0.890 bits per heavy atom. The van der Waals surface area contributed by atoms with E-state index >= 15 is 19.2 Å². The molecule has 4 amide bonds. The van der Waals surface area contributed by atoms with Crippen molar-refractivity contribution in [2.75, 3.05) is 9.80 Å². The number of carbonyl (C=O) groups is 4. The molecule has 0 radical (unpaired) electrons. The third-order valence-corrected chi connectivity index (χ3v) is 15.7. The van der Waals surface area contributed by atoms with Crippen LogP contribution in [0.4, 0.5) is 11.4 Å². The number of imide groups is 2. The van der Waals surface area contributed by atoms with E-state index in [2.05, 4.69) is 34.3 Å². The molecule has 10 heteroatoms. The van der Waals surface area contributed by atoms with Crippen LogP contribution in [0.15, 0.2) is 189 Å². The van der Waals surface area contributed by atoms with Gasteiger partial charge in [0.05, 0.1) is 33.6 Å². The van der Waals surface area contributed by atoms with E-state index in [4.69, 9.17) is 18.9 Å². The molecule has 0 spiro atoms. The zero-order valence-electron chi connectivity index (χ0n) is 46.4. The van der Waals surface area contributed by atoms with Gasteiger partial charge in [-0.05, 0) is 120 Å². The highest BCUT2D eigenvalue weighted by Crippen LogP contribution is 2.59. The van der Waals surface area contributed by atoms with Crippen molar-refractivity contribution in [2.24, 2.45) is 0 Å². The quantitative estimate of drug-likeness (QED) is 0.0601. The summed E-state index contributed by atoms with van der Waals surface area (Å²) in [7, 11) is 0. The molecule has 11 aromatic rings. The number of allylic oxidation sites excluding steroid dienone is 1. The zero-order valence-corrected chi connectivity index (χ0v) is 46.4. The molecule has 0 unspecified atom stereocenters. The lowest BCUT2D eigenvalue weighted by atomic mass is 9.80. The molecule has 402 valence electrons. The number of hydrogen-bond acceptors (Lipinski definition) is 8. The first-order valence-corrected chi connectivity index (χ1v) is 27.7. The Kier molecular flexibility index (Phi) is 12.5. The topological polar surface area (TPSA) is 112 Å². The molecule has 11 aromatic carbocycles. The van der Waals surface area contributed by atoms with Gasteiger partial charge < -0.3 is 18.9 Å². The van der Waals surface area contributed by atoms with Crippen LogP contribution in [0.3, 0.4) is 0 Å². The number of benzene rings is 11. The van der Waals surface area contributed by atoms with Gasteiger partial charge in [0.2, 0.25) is 0 Å². The van der Waals surface area contributed by atoms with Crippen molar-refractivity contribution in [3.05, 3.63) is 233 Å². The normalized spacial score (nSPS) is 13.2. The Balaban J connectivity index is 1.26. The average molecular weight is 1080 g/mol. The SMILES string of the molecule is C=C(C)c1cccc(C(C)C)c1N1C(=O)c2cc(Oc3ccccc3)c3c4c(Oc5ccccc5)cc5c6c(cc(Oc7ccccc7)c(c7c(Oc8ccccc8)cc(c2c37)C1=O)c64)C(=O)N(c1c(C(C)C)cccc1C(C)C)C5=O. The summed E-state index contributed by atoms with van der Waals surface area (Å²) in [4.78, 5) is 66.9. The van der Waals surface area contributed by atoms with Crippen LogP contribution in [-0.4, -0.2) is 23.6 Å². The Bertz CT molecular complexity index is 4240. The fourth-order valence-corrected chi connectivity index (χ4v) is 12.1. The van der Waals surface area contributed by atoms with Crippen molar-refractivity contribution in [1.29, 1.82) is 0 Å². The molecule has 0 aliphatic carbocycles. The largest absolute Gasteiger partial charge is 0.457 e. The number of para-hydroxylation sites is 6. The fraction of sp³-hybridized carbons (Fsp3) is 0.139. The highest BCUT2D eigenvalue weighted by atomic mass is 16.5. The summed E-state index contributed by atoms with van der Waals surface area (Å²) < 4.78 is 28.5. The Hall–Kier alpha value is -10.1. The summed E-state index contributed by atoms with van der Waals surface area (Å²) >= 11 is 0. The predicted octanol–water partition coefficient (Wildman–Crippen LogP) is 18.9. The van der Waals surface area contributed by atoms with Crippen LogP contribution in [0.25, 0.3) is 48.7 Å². The van der Waals surface area contributed by atoms with E-state index in [9.17, 15) is 0 Å². The molecule has 0 saturated carbocycles. The number of carbonyl (C=O) groups excluding carboxylic acids is 4. The number of rotatable bonds is 14. The van der Waals surface area contributed by atoms with E-state index in [1.807, 2.05) is 178 Å². The summed E-state index contributed by atoms with van der Waals surface area (Å²) in [5.41, 5.74) is 5.57. The minimum absolute atomic E-state index is 0.0614. The van der Waals surface area contributed by atoms with Gasteiger partial charge in [0.15, 0.2) is 0 Å². The predicted molar refractivity (Wildman–Crippen MR) is 326 cm³/mol. The maximum Gasteiger partial charge on any atom is 0.266 e. The number of anilines is 2. The molecule has 2 aliphatic rings. The minimum atomic E-state index is -0.573. The summed E-state index contributed by atoms with van der Waals surface area (Å²) in [5.74, 6) is 0.314. The van der Waals surface area contributed by atoms with Crippen molar-refractivity contribution in [3.8, 4) is 46.0 Å². The first kappa shape index (κ1) is 51.4. The lowest BCUT2D eigenvalue weighted by Gasteiger charge is -2.35. The summed E-state index contributed by atoms with van der Waals surface area (Å²) in [6.07, 6.45) is 0. The molecule has 0 bridgehead atoms. The van der Waals surface area contributed by atoms with Gasteiger partial charge in [-0.15, -0.1) is 0 Å². The summed E-state index contributed by atoms with van der Waals surface area (Å²) in [5, 5.41) is 3.29. The third-order valence-electron chi connectivity index (χ3n) is 15.7. The van der Waals surface area contributed by atoms with E-state index in [1.165, 1.54) is 9.80 Å². The van der Waals surface area contributed by atoms with Crippen LogP contribution in [0.2, 0.25) is 0 Å². The summed E-state index contributed by atoms with van der Waals surface area (Å²) in [6, 6.07) is 55.6. The fourth-order valence-electron chi connectivity index (χ4n) is 12.1. The molecule has 0 aromatic heterocycles. The number of amides is 4. The van der Waals surface area contributed by atoms with Gasteiger partial charge in [-0.1, -0.05) is 157 Å². The minimum Gasteiger partial charge on any atom is -0.457 e. The second kappa shape index (κ2) is 19.9. The number of fused-ring (bicyclic) bond motifs is 2. The highest BCUT2D eigenvalue weighted by Gasteiger charge is 2.44. The smallest absolute Gasteiger partial charge is 0.266 e. The molecule has 0 fully saturated rings. The van der Waals surface area contributed by atoms with Crippen molar-refractivity contribution in [2.45, 2.75) is 66.2 Å². The zero-order chi connectivity index (χ0) is 56.8. The van der Waals surface area contributed by atoms with Gasteiger partial charge in [-0.25, -0.2) is 9.80 Å². The Morgan fingerprint density at radius 2 is 0.610 bits per heavy atom. The monoisotopic (exact) mass is 1080 g/mol. The van der Waals surface area contributed by atoms with Crippen molar-refractivity contribution >= 4 is 83.7 Å². The molecular weight excluding hydrogens is 1020 g/mol. The van der Waals surface area contributed by atoms with Gasteiger partial charge in [0.25, 0.3) is 23.6 Å². The van der Waals surface area contributed by atoms with E-state index in [0.717, 1.165) is 16.7 Å². The molecule has 0 N–H and O–H groups in total. The second-order valence-electron chi connectivity index (χ2n) is 22.0. The van der Waals surface area contributed by atoms with Gasteiger partial charge in [-0.2, -0.15) is 0 Å². The van der Waals surface area contributed by atoms with E-state index in [1.54, 1.807) is 24.3 Å². The lowest BCUT2D eigenvalue weighted by Crippen LogP contribution is -2.42. The molecule has 0 atom stereocenters. The first-order valence-electron chi connectivity index (χ1n) is 27.7. The standard InChI is InChI=1S/C72H56N2O8/c1-39(2)47-31-21-32-48(40(3)4)67(47)73-69(75)51-35-55(79-43-23-13-9-14-24-43)61-63-57(81-45-27-17-11-18-28-45)37-53-60-54(72(78)74(71(53)77)68-49(41(5)6)33-22-34-50(68)42(7)8)38-58(82-46-29-19-12-20-30-46)64(66(60)63)62-56(80-44-25-15-10-16-26-44)36-52(70(73)76)59(51)65(61)62/h9-38,40-42H,1H2,2-8H3. The number of ether oxygens (including phenoxy) is 4. The Labute approximate surface area is 474 Å². The van der Waals surface area contributed by atoms with E-state index in [0.29, 0.717) is 88.6 Å². The molecule has 13 rings (SSSR count). The van der Waals surface area contributed by atoms with E-state index < -0.39 is 23.6 Å². The van der Waals surface area contributed by atoms with Crippen molar-refractivity contribution < 1.29 is 38.1 Å². The lowest BCUT2D eigenvalue weighted by molar-refractivity contribution is 0.0877. The van der Waals surface area contributed by atoms with Crippen molar-refractivity contribution in [3.63, 3.8) is 0 Å². The average Bonchev–Trinajstić information content (AvgIpc) is 1.49. The molecular formula is C72H56N2O8. The summed E-state index contributed by atoms with van der Waals surface area (Å²) in [6.45, 7) is 18.5. The highest BCUT2D eigenvalue weighted by molar-refractivity contribution is 6.48. The van der Waals surface area contributed by atoms with E-state index in [-0.39, 0.29) is 63.0 Å². The molecule has 82 heavy (non-hydrogen) atoms. The van der Waals surface area contributed by atoms with Crippen LogP contribution < -0.4 is 28.7 Å².